The van der Waals surface area contributed by atoms with Gasteiger partial charge in [0.15, 0.2) is 0 Å². The molecule has 1 amide bonds. The molecule has 5 rings (SSSR count). The number of nitrogens with one attached hydrogen (secondary N) is 1. The van der Waals surface area contributed by atoms with Crippen LogP contribution in [-0.2, 0) is 19.5 Å². The van der Waals surface area contributed by atoms with Gasteiger partial charge in [-0.15, -0.1) is 0 Å². The van der Waals surface area contributed by atoms with Gasteiger partial charge in [-0.3, -0.25) is 4.79 Å². The van der Waals surface area contributed by atoms with Gasteiger partial charge in [0, 0.05) is 55.5 Å². The molecule has 0 fully saturated rings. The third-order valence-electron chi connectivity index (χ3n) is 5.83. The smallest absolute Gasteiger partial charge is 0.407 e. The van der Waals surface area contributed by atoms with Crippen LogP contribution >= 0.6 is 0 Å². The van der Waals surface area contributed by atoms with Crippen LogP contribution in [0.5, 0.6) is 0 Å². The lowest BCUT2D eigenvalue weighted by molar-refractivity contribution is 0.139. The number of carboxylic acid groups (broad SMARTS) is 1. The van der Waals surface area contributed by atoms with Gasteiger partial charge in [0.05, 0.1) is 6.54 Å². The maximum Gasteiger partial charge on any atom is 0.407 e. The van der Waals surface area contributed by atoms with Crippen molar-refractivity contribution in [1.82, 2.24) is 24.6 Å². The van der Waals surface area contributed by atoms with Crippen molar-refractivity contribution in [2.45, 2.75) is 26.4 Å². The molecule has 0 radical (unpaired) electrons. The molecule has 0 bridgehead atoms. The Morgan fingerprint density at radius 1 is 1.27 bits per heavy atom. The molecule has 0 saturated carbocycles. The predicted molar refractivity (Wildman–Crippen MR) is 121 cm³/mol. The van der Waals surface area contributed by atoms with Crippen LogP contribution in [0.4, 0.5) is 10.6 Å². The first kappa shape index (κ1) is 20.7. The van der Waals surface area contributed by atoms with E-state index in [2.05, 4.69) is 20.4 Å². The summed E-state index contributed by atoms with van der Waals surface area (Å²) in [5, 5.41) is 18.5. The van der Waals surface area contributed by atoms with Crippen LogP contribution in [0.3, 0.4) is 0 Å². The SMILES string of the molecule is Cc1nc(-c2ccc3ccnc(NCCn4ccc5c(c4=O)CN(C(=O)O)CC5)c3c2)no1. The minimum absolute atomic E-state index is 0.126. The molecule has 4 aromatic rings. The number of hydrogen-bond donors (Lipinski definition) is 2. The lowest BCUT2D eigenvalue weighted by Crippen LogP contribution is -2.39. The van der Waals surface area contributed by atoms with Gasteiger partial charge < -0.3 is 24.4 Å². The van der Waals surface area contributed by atoms with Crippen molar-refractivity contribution in [2.75, 3.05) is 18.4 Å². The Labute approximate surface area is 188 Å². The van der Waals surface area contributed by atoms with Crippen molar-refractivity contribution in [2.24, 2.45) is 0 Å². The van der Waals surface area contributed by atoms with Crippen LogP contribution in [0.15, 0.2) is 52.0 Å². The summed E-state index contributed by atoms with van der Waals surface area (Å²) >= 11 is 0. The van der Waals surface area contributed by atoms with Crippen LogP contribution in [0.25, 0.3) is 22.2 Å². The van der Waals surface area contributed by atoms with E-state index in [4.69, 9.17) is 4.52 Å². The van der Waals surface area contributed by atoms with Crippen LogP contribution in [0.1, 0.15) is 17.0 Å². The molecule has 10 nitrogen and oxygen atoms in total. The van der Waals surface area contributed by atoms with Gasteiger partial charge >= 0.3 is 6.09 Å². The second-order valence-corrected chi connectivity index (χ2v) is 7.93. The van der Waals surface area contributed by atoms with Crippen LogP contribution in [0, 0.1) is 6.92 Å². The highest BCUT2D eigenvalue weighted by Crippen LogP contribution is 2.26. The third-order valence-corrected chi connectivity index (χ3v) is 5.83. The molecule has 2 N–H and O–H groups in total. The quantitative estimate of drug-likeness (QED) is 0.479. The zero-order valence-corrected chi connectivity index (χ0v) is 18.0. The van der Waals surface area contributed by atoms with E-state index in [0.717, 1.165) is 21.9 Å². The average molecular weight is 446 g/mol. The van der Waals surface area contributed by atoms with Gasteiger partial charge in [-0.25, -0.2) is 9.78 Å². The normalized spacial score (nSPS) is 13.2. The number of anilines is 1. The second-order valence-electron chi connectivity index (χ2n) is 7.93. The number of aryl methyl sites for hydroxylation is 1. The summed E-state index contributed by atoms with van der Waals surface area (Å²) in [7, 11) is 0. The summed E-state index contributed by atoms with van der Waals surface area (Å²) in [6, 6.07) is 9.70. The topological polar surface area (TPSA) is 126 Å². The van der Waals surface area contributed by atoms with Crippen molar-refractivity contribution in [3.63, 3.8) is 0 Å². The van der Waals surface area contributed by atoms with Gasteiger partial charge in [0.1, 0.15) is 5.82 Å². The van der Waals surface area contributed by atoms with Gasteiger partial charge in [-0.2, -0.15) is 4.98 Å². The summed E-state index contributed by atoms with van der Waals surface area (Å²) < 4.78 is 6.69. The number of rotatable bonds is 5. The Balaban J connectivity index is 1.35. The maximum absolute atomic E-state index is 12.9. The van der Waals surface area contributed by atoms with Gasteiger partial charge in [-0.05, 0) is 35.6 Å². The minimum atomic E-state index is -1.01. The van der Waals surface area contributed by atoms with Gasteiger partial charge in [-0.1, -0.05) is 17.3 Å². The van der Waals surface area contributed by atoms with E-state index in [1.54, 1.807) is 23.9 Å². The first-order chi connectivity index (χ1) is 16.0. The maximum atomic E-state index is 12.9. The molecule has 4 heterocycles. The van der Waals surface area contributed by atoms with E-state index in [1.165, 1.54) is 4.90 Å². The molecule has 0 unspecified atom stereocenters. The zero-order chi connectivity index (χ0) is 22.9. The molecule has 1 aromatic carbocycles. The van der Waals surface area contributed by atoms with Crippen LogP contribution < -0.4 is 10.9 Å². The number of fused-ring (bicyclic) bond motifs is 2. The van der Waals surface area contributed by atoms with Crippen molar-refractivity contribution in [3.8, 4) is 11.4 Å². The summed E-state index contributed by atoms with van der Waals surface area (Å²) in [4.78, 5) is 34.2. The molecule has 0 spiro atoms. The molecule has 1 aliphatic rings. The van der Waals surface area contributed by atoms with E-state index >= 15 is 0 Å². The first-order valence-corrected chi connectivity index (χ1v) is 10.6. The number of benzene rings is 1. The van der Waals surface area contributed by atoms with E-state index in [-0.39, 0.29) is 12.1 Å². The fourth-order valence-corrected chi connectivity index (χ4v) is 4.09. The number of amides is 1. The Bertz CT molecular complexity index is 1410. The summed E-state index contributed by atoms with van der Waals surface area (Å²) in [6.07, 6.45) is 3.05. The molecular weight excluding hydrogens is 424 g/mol. The number of pyridine rings is 2. The van der Waals surface area contributed by atoms with Crippen molar-refractivity contribution in [3.05, 3.63) is 70.1 Å². The number of hydrogen-bond acceptors (Lipinski definition) is 7. The molecule has 0 saturated heterocycles. The van der Waals surface area contributed by atoms with Crippen LogP contribution in [-0.4, -0.2) is 48.9 Å². The summed E-state index contributed by atoms with van der Waals surface area (Å²) in [5.74, 6) is 1.70. The van der Waals surface area contributed by atoms with Crippen molar-refractivity contribution < 1.29 is 14.4 Å². The van der Waals surface area contributed by atoms with Crippen molar-refractivity contribution >= 4 is 22.7 Å². The lowest BCUT2D eigenvalue weighted by atomic mass is 10.0. The number of nitrogens with zero attached hydrogens (tertiary/aromatic N) is 5. The zero-order valence-electron chi connectivity index (χ0n) is 18.0. The highest BCUT2D eigenvalue weighted by molar-refractivity contribution is 5.94. The first-order valence-electron chi connectivity index (χ1n) is 10.6. The molecule has 168 valence electrons. The summed E-state index contributed by atoms with van der Waals surface area (Å²) in [6.45, 7) is 3.17. The highest BCUT2D eigenvalue weighted by Gasteiger charge is 2.23. The van der Waals surface area contributed by atoms with Crippen molar-refractivity contribution in [1.29, 1.82) is 0 Å². The monoisotopic (exact) mass is 446 g/mol. The molecule has 1 aliphatic heterocycles. The summed E-state index contributed by atoms with van der Waals surface area (Å²) in [5.41, 5.74) is 2.14. The number of aromatic nitrogens is 4. The lowest BCUT2D eigenvalue weighted by Gasteiger charge is -2.26. The van der Waals surface area contributed by atoms with E-state index in [1.807, 2.05) is 30.3 Å². The highest BCUT2D eigenvalue weighted by atomic mass is 16.5. The van der Waals surface area contributed by atoms with E-state index < -0.39 is 6.09 Å². The predicted octanol–water partition coefficient (Wildman–Crippen LogP) is 2.90. The van der Waals surface area contributed by atoms with E-state index in [0.29, 0.717) is 49.2 Å². The molecular formula is C23H22N6O4. The second kappa shape index (κ2) is 8.38. The number of carbonyl (C=O) groups is 1. The minimum Gasteiger partial charge on any atom is -0.465 e. The molecule has 0 atom stereocenters. The Morgan fingerprint density at radius 3 is 2.94 bits per heavy atom. The van der Waals surface area contributed by atoms with Crippen LogP contribution in [0.2, 0.25) is 0 Å². The Kier molecular flexibility index (Phi) is 5.25. The van der Waals surface area contributed by atoms with E-state index in [9.17, 15) is 14.7 Å². The molecule has 10 heteroatoms. The fraction of sp³-hybridized carbons (Fsp3) is 0.261. The standard InChI is InChI=1S/C23H22N6O4/c1-14-26-20(27-33-14)17-3-2-15-4-7-24-21(18(15)12-17)25-8-11-28-9-5-16-6-10-29(23(31)32)13-19(16)22(28)30/h2-5,7,9,12H,6,8,10-11,13H2,1H3,(H,24,25)(H,31,32). The Hall–Kier alpha value is -4.21. The average Bonchev–Trinajstić information content (AvgIpc) is 3.26. The molecule has 3 aromatic heterocycles. The van der Waals surface area contributed by atoms with Gasteiger partial charge in [0.25, 0.3) is 5.56 Å². The van der Waals surface area contributed by atoms with Gasteiger partial charge in [0.2, 0.25) is 11.7 Å². The molecule has 0 aliphatic carbocycles. The third kappa shape index (κ3) is 4.02. The molecule has 33 heavy (non-hydrogen) atoms. The fourth-order valence-electron chi connectivity index (χ4n) is 4.09. The Morgan fingerprint density at radius 2 is 2.15 bits per heavy atom. The largest absolute Gasteiger partial charge is 0.465 e.